The highest BCUT2D eigenvalue weighted by molar-refractivity contribution is 6.05. The number of carbonyl (C=O) groups excluding carboxylic acids is 3. The minimum atomic E-state index is -0.648. The van der Waals surface area contributed by atoms with Crippen LogP contribution in [-0.2, 0) is 35.8 Å². The van der Waals surface area contributed by atoms with Crippen molar-refractivity contribution in [3.05, 3.63) is 56.5 Å². The molecule has 1 fully saturated rings. The number of rotatable bonds is 4. The lowest BCUT2D eigenvalue weighted by Crippen LogP contribution is -2.52. The van der Waals surface area contributed by atoms with Gasteiger partial charge in [0.2, 0.25) is 17.8 Å². The maximum absolute atomic E-state index is 12.9. The molecule has 5 rings (SSSR count). The molecule has 3 aliphatic rings. The first-order valence-corrected chi connectivity index (χ1v) is 9.83. The summed E-state index contributed by atoms with van der Waals surface area (Å²) >= 11 is 0. The van der Waals surface area contributed by atoms with Gasteiger partial charge in [0.25, 0.3) is 11.5 Å². The molecule has 1 atom stereocenters. The Morgan fingerprint density at radius 2 is 2.00 bits per heavy atom. The van der Waals surface area contributed by atoms with E-state index in [1.807, 2.05) is 6.07 Å². The van der Waals surface area contributed by atoms with Crippen LogP contribution in [0.25, 0.3) is 0 Å². The summed E-state index contributed by atoms with van der Waals surface area (Å²) in [6.45, 7) is 1.75. The molecule has 1 saturated heterocycles. The van der Waals surface area contributed by atoms with Gasteiger partial charge in [-0.3, -0.25) is 29.5 Å². The molecule has 4 N–H and O–H groups in total. The second kappa shape index (κ2) is 7.06. The van der Waals surface area contributed by atoms with E-state index in [2.05, 4.69) is 25.9 Å². The Bertz CT molecular complexity index is 1140. The standard InChI is InChI=1S/C20H20N6O4/c27-16-5-4-15(18(29)24-16)26-9-13-10(2-1-3-11(13)19(26)30)6-22-20-23-14-8-21-7-12(14)17(28)25-20/h1-3,15,21H,4-9H2,(H,24,27,29)(H2,22,23,25,28). The number of aromatic nitrogens is 2. The first-order valence-electron chi connectivity index (χ1n) is 9.83. The van der Waals surface area contributed by atoms with Crippen LogP contribution in [0.2, 0.25) is 0 Å². The van der Waals surface area contributed by atoms with Gasteiger partial charge >= 0.3 is 0 Å². The molecule has 4 heterocycles. The summed E-state index contributed by atoms with van der Waals surface area (Å²) in [4.78, 5) is 57.4. The van der Waals surface area contributed by atoms with E-state index < -0.39 is 11.9 Å². The molecule has 0 aliphatic carbocycles. The third-order valence-corrected chi connectivity index (χ3v) is 5.82. The van der Waals surface area contributed by atoms with Crippen LogP contribution in [0.4, 0.5) is 5.95 Å². The van der Waals surface area contributed by atoms with Crippen molar-refractivity contribution in [3.8, 4) is 0 Å². The van der Waals surface area contributed by atoms with Crippen LogP contribution in [0.5, 0.6) is 0 Å². The first kappa shape index (κ1) is 18.5. The number of amides is 3. The highest BCUT2D eigenvalue weighted by Gasteiger charge is 2.39. The number of benzene rings is 1. The summed E-state index contributed by atoms with van der Waals surface area (Å²) in [5.41, 5.74) is 3.51. The molecule has 3 aliphatic heterocycles. The van der Waals surface area contributed by atoms with Crippen molar-refractivity contribution in [3.63, 3.8) is 0 Å². The Labute approximate surface area is 171 Å². The first-order chi connectivity index (χ1) is 14.5. The molecule has 0 spiro atoms. The van der Waals surface area contributed by atoms with Gasteiger partial charge in [-0.05, 0) is 23.6 Å². The molecule has 30 heavy (non-hydrogen) atoms. The fraction of sp³-hybridized carbons (Fsp3) is 0.350. The number of carbonyl (C=O) groups is 3. The number of nitrogens with zero attached hydrogens (tertiary/aromatic N) is 2. The maximum atomic E-state index is 12.9. The second-order valence-electron chi connectivity index (χ2n) is 7.64. The Kier molecular flexibility index (Phi) is 4.35. The van der Waals surface area contributed by atoms with Crippen molar-refractivity contribution in [1.82, 2.24) is 25.5 Å². The lowest BCUT2D eigenvalue weighted by atomic mass is 10.0. The highest BCUT2D eigenvalue weighted by Crippen LogP contribution is 2.30. The summed E-state index contributed by atoms with van der Waals surface area (Å²) in [5, 5.41) is 8.55. The zero-order chi connectivity index (χ0) is 20.8. The minimum absolute atomic E-state index is 0.162. The third kappa shape index (κ3) is 3.05. The predicted octanol–water partition coefficient (Wildman–Crippen LogP) is -0.254. The fourth-order valence-electron chi connectivity index (χ4n) is 4.26. The van der Waals surface area contributed by atoms with Crippen molar-refractivity contribution in [2.24, 2.45) is 0 Å². The van der Waals surface area contributed by atoms with Crippen LogP contribution in [-0.4, -0.2) is 38.6 Å². The minimum Gasteiger partial charge on any atom is -0.352 e. The number of anilines is 1. The summed E-state index contributed by atoms with van der Waals surface area (Å²) in [6, 6.07) is 4.80. The number of hydrogen-bond donors (Lipinski definition) is 4. The van der Waals surface area contributed by atoms with Gasteiger partial charge in [0.15, 0.2) is 0 Å². The van der Waals surface area contributed by atoms with Crippen molar-refractivity contribution in [2.75, 3.05) is 5.32 Å². The summed E-state index contributed by atoms with van der Waals surface area (Å²) in [5.74, 6) is -0.570. The molecule has 1 aromatic heterocycles. The van der Waals surface area contributed by atoms with E-state index in [0.29, 0.717) is 49.7 Å². The van der Waals surface area contributed by atoms with Crippen LogP contribution in [0.3, 0.4) is 0 Å². The molecule has 3 amide bonds. The molecule has 10 nitrogen and oxygen atoms in total. The topological polar surface area (TPSA) is 136 Å². The van der Waals surface area contributed by atoms with Crippen LogP contribution in [0.15, 0.2) is 23.0 Å². The number of aromatic amines is 1. The van der Waals surface area contributed by atoms with Crippen LogP contribution in [0, 0.1) is 0 Å². The third-order valence-electron chi connectivity index (χ3n) is 5.82. The summed E-state index contributed by atoms with van der Waals surface area (Å²) in [7, 11) is 0. The predicted molar refractivity (Wildman–Crippen MR) is 105 cm³/mol. The average Bonchev–Trinajstić information content (AvgIpc) is 3.32. The Morgan fingerprint density at radius 3 is 2.83 bits per heavy atom. The summed E-state index contributed by atoms with van der Waals surface area (Å²) < 4.78 is 0. The van der Waals surface area contributed by atoms with Crippen molar-refractivity contribution < 1.29 is 14.4 Å². The normalized spacial score (nSPS) is 20.2. The highest BCUT2D eigenvalue weighted by atomic mass is 16.2. The quantitative estimate of drug-likeness (QED) is 0.512. The molecular weight excluding hydrogens is 388 g/mol. The van der Waals surface area contributed by atoms with Crippen molar-refractivity contribution in [2.45, 2.75) is 45.1 Å². The van der Waals surface area contributed by atoms with Crippen molar-refractivity contribution in [1.29, 1.82) is 0 Å². The van der Waals surface area contributed by atoms with E-state index in [0.717, 1.165) is 16.8 Å². The molecule has 0 bridgehead atoms. The smallest absolute Gasteiger partial charge is 0.257 e. The average molecular weight is 408 g/mol. The Hall–Kier alpha value is -3.53. The molecule has 1 aromatic carbocycles. The fourth-order valence-corrected chi connectivity index (χ4v) is 4.26. The summed E-state index contributed by atoms with van der Waals surface area (Å²) in [6.07, 6.45) is 0.545. The van der Waals surface area contributed by atoms with Gasteiger partial charge in [-0.25, -0.2) is 4.98 Å². The van der Waals surface area contributed by atoms with Gasteiger partial charge < -0.3 is 15.5 Å². The number of imide groups is 1. The van der Waals surface area contributed by atoms with Gasteiger partial charge in [-0.15, -0.1) is 0 Å². The van der Waals surface area contributed by atoms with E-state index >= 15 is 0 Å². The van der Waals surface area contributed by atoms with E-state index in [-0.39, 0.29) is 23.8 Å². The van der Waals surface area contributed by atoms with Gasteiger partial charge in [0.1, 0.15) is 6.04 Å². The monoisotopic (exact) mass is 408 g/mol. The van der Waals surface area contributed by atoms with Crippen LogP contribution >= 0.6 is 0 Å². The van der Waals surface area contributed by atoms with Gasteiger partial charge in [0.05, 0.1) is 11.3 Å². The molecule has 1 unspecified atom stereocenters. The van der Waals surface area contributed by atoms with E-state index in [4.69, 9.17) is 0 Å². The SMILES string of the molecule is O=C1CCC(N2Cc3c(CNc4nc5c(c(=O)[nH]4)CNC5)cccc3C2=O)C(=O)N1. The number of piperidine rings is 1. The largest absolute Gasteiger partial charge is 0.352 e. The molecule has 2 aromatic rings. The molecular formula is C20H20N6O4. The van der Waals surface area contributed by atoms with Gasteiger partial charge in [-0.1, -0.05) is 12.1 Å². The Balaban J connectivity index is 1.36. The van der Waals surface area contributed by atoms with Crippen LogP contribution < -0.4 is 21.5 Å². The molecule has 154 valence electrons. The zero-order valence-corrected chi connectivity index (χ0v) is 16.1. The number of nitrogens with one attached hydrogen (secondary N) is 4. The van der Waals surface area contributed by atoms with E-state index in [9.17, 15) is 19.2 Å². The second-order valence-corrected chi connectivity index (χ2v) is 7.64. The van der Waals surface area contributed by atoms with E-state index in [1.54, 1.807) is 12.1 Å². The molecule has 0 saturated carbocycles. The lowest BCUT2D eigenvalue weighted by Gasteiger charge is -2.29. The maximum Gasteiger partial charge on any atom is 0.257 e. The zero-order valence-electron chi connectivity index (χ0n) is 16.1. The number of hydrogen-bond acceptors (Lipinski definition) is 7. The molecule has 10 heteroatoms. The lowest BCUT2D eigenvalue weighted by molar-refractivity contribution is -0.136. The van der Waals surface area contributed by atoms with Crippen LogP contribution in [0.1, 0.15) is 45.6 Å². The van der Waals surface area contributed by atoms with Crippen molar-refractivity contribution >= 4 is 23.7 Å². The Morgan fingerprint density at radius 1 is 1.13 bits per heavy atom. The van der Waals surface area contributed by atoms with Gasteiger partial charge in [-0.2, -0.15) is 0 Å². The van der Waals surface area contributed by atoms with E-state index in [1.165, 1.54) is 4.90 Å². The number of H-pyrrole nitrogens is 1. The van der Waals surface area contributed by atoms with Gasteiger partial charge in [0, 0.05) is 38.2 Å². The number of fused-ring (bicyclic) bond motifs is 2. The molecule has 0 radical (unpaired) electrons.